The van der Waals surface area contributed by atoms with Crippen LogP contribution in [0.15, 0.2) is 18.2 Å². The van der Waals surface area contributed by atoms with Crippen molar-refractivity contribution in [2.75, 3.05) is 27.2 Å². The molecule has 0 unspecified atom stereocenters. The summed E-state index contributed by atoms with van der Waals surface area (Å²) in [6.45, 7) is 1.20. The molecule has 0 aliphatic carbocycles. The highest BCUT2D eigenvalue weighted by molar-refractivity contribution is 5.89. The molecule has 0 radical (unpaired) electrons. The normalized spacial score (nSPS) is 10.7. The highest BCUT2D eigenvalue weighted by Crippen LogP contribution is 2.10. The van der Waals surface area contributed by atoms with Crippen LogP contribution in [0.2, 0.25) is 0 Å². The molecular formula is C13H17F2NO2. The van der Waals surface area contributed by atoms with Crippen molar-refractivity contribution in [2.24, 2.45) is 0 Å². The lowest BCUT2D eigenvalue weighted by Crippen LogP contribution is -2.14. The van der Waals surface area contributed by atoms with Gasteiger partial charge in [-0.3, -0.25) is 0 Å². The minimum absolute atomic E-state index is 0.0292. The number of benzene rings is 1. The van der Waals surface area contributed by atoms with E-state index in [1.807, 2.05) is 19.0 Å². The lowest BCUT2D eigenvalue weighted by atomic mass is 10.2. The lowest BCUT2D eigenvalue weighted by Gasteiger charge is -2.09. The lowest BCUT2D eigenvalue weighted by molar-refractivity contribution is 0.0496. The number of esters is 1. The second-order valence-corrected chi connectivity index (χ2v) is 4.28. The monoisotopic (exact) mass is 257 g/mol. The third-order valence-electron chi connectivity index (χ3n) is 2.39. The van der Waals surface area contributed by atoms with Gasteiger partial charge in [0.05, 0.1) is 12.2 Å². The van der Waals surface area contributed by atoms with Gasteiger partial charge in [0, 0.05) is 0 Å². The molecule has 0 N–H and O–H groups in total. The Morgan fingerprint density at radius 3 is 2.56 bits per heavy atom. The molecule has 0 amide bonds. The van der Waals surface area contributed by atoms with Gasteiger partial charge in [0.15, 0.2) is 11.6 Å². The Morgan fingerprint density at radius 2 is 1.94 bits per heavy atom. The van der Waals surface area contributed by atoms with Crippen molar-refractivity contribution in [3.63, 3.8) is 0 Å². The molecular weight excluding hydrogens is 240 g/mol. The smallest absolute Gasteiger partial charge is 0.338 e. The number of rotatable bonds is 6. The molecule has 0 aliphatic heterocycles. The zero-order chi connectivity index (χ0) is 13.5. The summed E-state index contributed by atoms with van der Waals surface area (Å²) >= 11 is 0. The van der Waals surface area contributed by atoms with Crippen LogP contribution in [0.1, 0.15) is 23.2 Å². The third-order valence-corrected chi connectivity index (χ3v) is 2.39. The highest BCUT2D eigenvalue weighted by atomic mass is 19.2. The van der Waals surface area contributed by atoms with Crippen LogP contribution in [0.4, 0.5) is 8.78 Å². The van der Waals surface area contributed by atoms with E-state index in [-0.39, 0.29) is 12.2 Å². The molecule has 0 heterocycles. The van der Waals surface area contributed by atoms with Gasteiger partial charge < -0.3 is 9.64 Å². The average Bonchev–Trinajstić information content (AvgIpc) is 2.31. The maximum atomic E-state index is 12.9. The number of ether oxygens (including phenoxy) is 1. The Balaban J connectivity index is 2.34. The van der Waals surface area contributed by atoms with Crippen molar-refractivity contribution in [3.05, 3.63) is 35.4 Å². The van der Waals surface area contributed by atoms with Crippen LogP contribution in [-0.4, -0.2) is 38.1 Å². The van der Waals surface area contributed by atoms with E-state index in [0.717, 1.165) is 31.5 Å². The third kappa shape index (κ3) is 4.79. The van der Waals surface area contributed by atoms with Crippen molar-refractivity contribution in [3.8, 4) is 0 Å². The van der Waals surface area contributed by atoms with Gasteiger partial charge in [-0.05, 0) is 51.7 Å². The van der Waals surface area contributed by atoms with Gasteiger partial charge in [-0.15, -0.1) is 0 Å². The molecule has 3 nitrogen and oxygen atoms in total. The second-order valence-electron chi connectivity index (χ2n) is 4.28. The summed E-state index contributed by atoms with van der Waals surface area (Å²) in [6.07, 6.45) is 1.66. The summed E-state index contributed by atoms with van der Waals surface area (Å²) in [6, 6.07) is 2.97. The first-order valence-corrected chi connectivity index (χ1v) is 5.77. The van der Waals surface area contributed by atoms with Gasteiger partial charge in [0.25, 0.3) is 0 Å². The van der Waals surface area contributed by atoms with E-state index in [4.69, 9.17) is 4.74 Å². The minimum atomic E-state index is -1.04. The fourth-order valence-corrected chi connectivity index (χ4v) is 1.40. The summed E-state index contributed by atoms with van der Waals surface area (Å²) in [5, 5.41) is 0. The Morgan fingerprint density at radius 1 is 1.22 bits per heavy atom. The molecule has 1 rings (SSSR count). The van der Waals surface area contributed by atoms with E-state index in [1.165, 1.54) is 6.07 Å². The molecule has 0 aromatic heterocycles. The van der Waals surface area contributed by atoms with Crippen molar-refractivity contribution in [1.29, 1.82) is 0 Å². The molecule has 0 atom stereocenters. The molecule has 0 spiro atoms. The number of nitrogens with zero attached hydrogens (tertiary/aromatic N) is 1. The SMILES string of the molecule is CN(C)CCCCOC(=O)c1ccc(F)c(F)c1. The molecule has 5 heteroatoms. The molecule has 1 aromatic rings. The van der Waals surface area contributed by atoms with Crippen LogP contribution in [-0.2, 0) is 4.74 Å². The number of hydrogen-bond acceptors (Lipinski definition) is 3. The Labute approximate surface area is 105 Å². The Kier molecular flexibility index (Phi) is 5.71. The van der Waals surface area contributed by atoms with Gasteiger partial charge in [-0.2, -0.15) is 0 Å². The molecule has 0 saturated carbocycles. The van der Waals surface area contributed by atoms with E-state index >= 15 is 0 Å². The van der Waals surface area contributed by atoms with Crippen LogP contribution in [0.5, 0.6) is 0 Å². The first kappa shape index (κ1) is 14.6. The topological polar surface area (TPSA) is 29.5 Å². The van der Waals surface area contributed by atoms with E-state index in [0.29, 0.717) is 0 Å². The summed E-state index contributed by atoms with van der Waals surface area (Å²) < 4.78 is 30.5. The largest absolute Gasteiger partial charge is 0.462 e. The summed E-state index contributed by atoms with van der Waals surface area (Å²) in [5.41, 5.74) is 0.0292. The summed E-state index contributed by atoms with van der Waals surface area (Å²) in [5.74, 6) is -2.65. The molecule has 0 bridgehead atoms. The van der Waals surface area contributed by atoms with E-state index in [9.17, 15) is 13.6 Å². The quantitative estimate of drug-likeness (QED) is 0.579. The second kappa shape index (κ2) is 7.06. The van der Waals surface area contributed by atoms with Crippen LogP contribution in [0, 0.1) is 11.6 Å². The number of carbonyl (C=O) groups is 1. The van der Waals surface area contributed by atoms with Gasteiger partial charge in [0.2, 0.25) is 0 Å². The van der Waals surface area contributed by atoms with Crippen molar-refractivity contribution in [2.45, 2.75) is 12.8 Å². The molecule has 1 aromatic carbocycles. The zero-order valence-corrected chi connectivity index (χ0v) is 10.6. The van der Waals surface area contributed by atoms with Crippen LogP contribution in [0.25, 0.3) is 0 Å². The zero-order valence-electron chi connectivity index (χ0n) is 10.6. The standard InChI is InChI=1S/C13H17F2NO2/c1-16(2)7-3-4-8-18-13(17)10-5-6-11(14)12(15)9-10/h5-6,9H,3-4,7-8H2,1-2H3. The first-order chi connectivity index (χ1) is 8.50. The molecule has 18 heavy (non-hydrogen) atoms. The maximum Gasteiger partial charge on any atom is 0.338 e. The van der Waals surface area contributed by atoms with Crippen LogP contribution in [0.3, 0.4) is 0 Å². The van der Waals surface area contributed by atoms with Crippen molar-refractivity contribution in [1.82, 2.24) is 4.90 Å². The molecule has 0 saturated heterocycles. The molecule has 0 fully saturated rings. The summed E-state index contributed by atoms with van der Waals surface area (Å²) in [7, 11) is 3.93. The van der Waals surface area contributed by atoms with Gasteiger partial charge in [-0.1, -0.05) is 0 Å². The van der Waals surface area contributed by atoms with Crippen molar-refractivity contribution < 1.29 is 18.3 Å². The Bertz CT molecular complexity index is 408. The fraction of sp³-hybridized carbons (Fsp3) is 0.462. The van der Waals surface area contributed by atoms with E-state index in [1.54, 1.807) is 0 Å². The van der Waals surface area contributed by atoms with Crippen molar-refractivity contribution >= 4 is 5.97 Å². The van der Waals surface area contributed by atoms with Crippen LogP contribution < -0.4 is 0 Å². The molecule has 0 aliphatic rings. The minimum Gasteiger partial charge on any atom is -0.462 e. The molecule has 100 valence electrons. The predicted octanol–water partition coefficient (Wildman–Crippen LogP) is 2.46. The highest BCUT2D eigenvalue weighted by Gasteiger charge is 2.10. The number of halogens is 2. The summed E-state index contributed by atoms with van der Waals surface area (Å²) in [4.78, 5) is 13.5. The van der Waals surface area contributed by atoms with Gasteiger partial charge in [-0.25, -0.2) is 13.6 Å². The maximum absolute atomic E-state index is 12.9. The van der Waals surface area contributed by atoms with E-state index < -0.39 is 17.6 Å². The average molecular weight is 257 g/mol. The van der Waals surface area contributed by atoms with Crippen LogP contribution >= 0.6 is 0 Å². The van der Waals surface area contributed by atoms with Gasteiger partial charge >= 0.3 is 5.97 Å². The number of carbonyl (C=O) groups excluding carboxylic acids is 1. The predicted molar refractivity (Wildman–Crippen MR) is 64.4 cm³/mol. The number of hydrogen-bond donors (Lipinski definition) is 0. The first-order valence-electron chi connectivity index (χ1n) is 5.77. The Hall–Kier alpha value is -1.49. The fourth-order valence-electron chi connectivity index (χ4n) is 1.40. The number of unbranched alkanes of at least 4 members (excludes halogenated alkanes) is 1. The van der Waals surface area contributed by atoms with E-state index in [2.05, 4.69) is 0 Å². The van der Waals surface area contributed by atoms with Gasteiger partial charge in [0.1, 0.15) is 0 Å².